The molecule has 2 rings (SSSR count). The van der Waals surface area contributed by atoms with Gasteiger partial charge in [-0.15, -0.1) is 0 Å². The van der Waals surface area contributed by atoms with Gasteiger partial charge in [0.25, 0.3) is 0 Å². The van der Waals surface area contributed by atoms with Crippen molar-refractivity contribution in [2.24, 2.45) is 0 Å². The molecular weight excluding hydrogens is 158 g/mol. The third kappa shape index (κ3) is 1.95. The molecular formula is C8H13NO3. The number of nitrogens with one attached hydrogen (secondary N) is 1. The Kier molecular flexibility index (Phi) is 2.28. The van der Waals surface area contributed by atoms with Crippen LogP contribution in [0, 0.1) is 0 Å². The van der Waals surface area contributed by atoms with Crippen molar-refractivity contribution in [3.8, 4) is 0 Å². The highest BCUT2D eigenvalue weighted by Crippen LogP contribution is 2.11. The lowest BCUT2D eigenvalue weighted by Gasteiger charge is -2.08. The molecule has 2 aliphatic heterocycles. The molecule has 0 amide bonds. The molecule has 0 bridgehead atoms. The van der Waals surface area contributed by atoms with Gasteiger partial charge in [-0.1, -0.05) is 0 Å². The monoisotopic (exact) mass is 171 g/mol. The summed E-state index contributed by atoms with van der Waals surface area (Å²) in [5, 5.41) is 3.09. The van der Waals surface area contributed by atoms with E-state index in [1.165, 1.54) is 0 Å². The number of ether oxygens (including phenoxy) is 2. The van der Waals surface area contributed by atoms with E-state index in [1.54, 1.807) is 0 Å². The van der Waals surface area contributed by atoms with E-state index in [4.69, 9.17) is 9.47 Å². The normalized spacial score (nSPS) is 33.3. The molecule has 1 unspecified atom stereocenters. The zero-order chi connectivity index (χ0) is 8.39. The fourth-order valence-electron chi connectivity index (χ4n) is 1.33. The third-order valence-corrected chi connectivity index (χ3v) is 2.16. The summed E-state index contributed by atoms with van der Waals surface area (Å²) in [6.45, 7) is 2.10. The average Bonchev–Trinajstić information content (AvgIpc) is 2.74. The highest BCUT2D eigenvalue weighted by atomic mass is 16.6. The third-order valence-electron chi connectivity index (χ3n) is 2.16. The molecule has 0 aromatic carbocycles. The summed E-state index contributed by atoms with van der Waals surface area (Å²) in [4.78, 5) is 11.2. The molecule has 0 aromatic heterocycles. The topological polar surface area (TPSA) is 50.9 Å². The standard InChI is InChI=1S/C8H13NO3/c10-8(7-2-1-3-9-7)12-5-6-4-11-6/h6-7,9H,1-5H2/t6?,7-/m0/s1. The summed E-state index contributed by atoms with van der Waals surface area (Å²) in [5.41, 5.74) is 0. The molecule has 0 saturated carbocycles. The summed E-state index contributed by atoms with van der Waals surface area (Å²) in [6.07, 6.45) is 2.15. The van der Waals surface area contributed by atoms with Crippen molar-refractivity contribution in [1.82, 2.24) is 5.32 Å². The lowest BCUT2D eigenvalue weighted by Crippen LogP contribution is -2.33. The van der Waals surface area contributed by atoms with Crippen LogP contribution in [-0.4, -0.2) is 37.9 Å². The molecule has 12 heavy (non-hydrogen) atoms. The molecule has 2 atom stereocenters. The van der Waals surface area contributed by atoms with Crippen LogP contribution in [0.2, 0.25) is 0 Å². The molecule has 0 aliphatic carbocycles. The number of carbonyl (C=O) groups excluding carboxylic acids is 1. The van der Waals surface area contributed by atoms with E-state index in [2.05, 4.69) is 5.32 Å². The van der Waals surface area contributed by atoms with Gasteiger partial charge < -0.3 is 14.8 Å². The van der Waals surface area contributed by atoms with Crippen molar-refractivity contribution in [2.75, 3.05) is 19.8 Å². The van der Waals surface area contributed by atoms with Gasteiger partial charge in [-0.25, -0.2) is 0 Å². The van der Waals surface area contributed by atoms with E-state index < -0.39 is 0 Å². The van der Waals surface area contributed by atoms with E-state index in [0.29, 0.717) is 6.61 Å². The zero-order valence-electron chi connectivity index (χ0n) is 6.91. The van der Waals surface area contributed by atoms with Crippen LogP contribution in [0.3, 0.4) is 0 Å². The first-order valence-corrected chi connectivity index (χ1v) is 4.38. The molecule has 0 aromatic rings. The highest BCUT2D eigenvalue weighted by Gasteiger charge is 2.28. The van der Waals surface area contributed by atoms with Gasteiger partial charge in [0.15, 0.2) is 0 Å². The smallest absolute Gasteiger partial charge is 0.323 e. The zero-order valence-corrected chi connectivity index (χ0v) is 6.91. The number of rotatable bonds is 3. The number of hydrogen-bond donors (Lipinski definition) is 1. The number of carbonyl (C=O) groups is 1. The first-order chi connectivity index (χ1) is 5.86. The van der Waals surface area contributed by atoms with Crippen LogP contribution in [0.15, 0.2) is 0 Å². The molecule has 0 spiro atoms. The van der Waals surface area contributed by atoms with Crippen molar-refractivity contribution >= 4 is 5.97 Å². The van der Waals surface area contributed by atoms with Crippen molar-refractivity contribution in [3.63, 3.8) is 0 Å². The number of esters is 1. The van der Waals surface area contributed by atoms with Crippen LogP contribution in [0.1, 0.15) is 12.8 Å². The van der Waals surface area contributed by atoms with Gasteiger partial charge in [0.05, 0.1) is 6.61 Å². The molecule has 4 heteroatoms. The van der Waals surface area contributed by atoms with Crippen LogP contribution in [-0.2, 0) is 14.3 Å². The minimum atomic E-state index is -0.122. The van der Waals surface area contributed by atoms with Crippen molar-refractivity contribution in [3.05, 3.63) is 0 Å². The predicted octanol–water partition coefficient (Wildman–Crippen LogP) is -0.320. The Morgan fingerprint density at radius 2 is 2.50 bits per heavy atom. The van der Waals surface area contributed by atoms with Crippen molar-refractivity contribution in [2.45, 2.75) is 25.0 Å². The van der Waals surface area contributed by atoms with Crippen LogP contribution >= 0.6 is 0 Å². The van der Waals surface area contributed by atoms with Crippen LogP contribution < -0.4 is 5.32 Å². The summed E-state index contributed by atoms with van der Waals surface area (Å²) in [7, 11) is 0. The van der Waals surface area contributed by atoms with E-state index in [9.17, 15) is 4.79 Å². The summed E-state index contributed by atoms with van der Waals surface area (Å²) < 4.78 is 9.95. The summed E-state index contributed by atoms with van der Waals surface area (Å²) in [6, 6.07) is -0.0660. The fraction of sp³-hybridized carbons (Fsp3) is 0.875. The van der Waals surface area contributed by atoms with Crippen LogP contribution in [0.5, 0.6) is 0 Å². The minimum absolute atomic E-state index is 0.0660. The molecule has 2 aliphatic rings. The van der Waals surface area contributed by atoms with E-state index in [-0.39, 0.29) is 18.1 Å². The van der Waals surface area contributed by atoms with Gasteiger partial charge in [-0.2, -0.15) is 0 Å². The van der Waals surface area contributed by atoms with Gasteiger partial charge in [0.1, 0.15) is 18.8 Å². The predicted molar refractivity (Wildman–Crippen MR) is 41.7 cm³/mol. The van der Waals surface area contributed by atoms with E-state index in [0.717, 1.165) is 26.0 Å². The number of hydrogen-bond acceptors (Lipinski definition) is 4. The Hall–Kier alpha value is -0.610. The maximum Gasteiger partial charge on any atom is 0.323 e. The Labute approximate surface area is 71.2 Å². The maximum atomic E-state index is 11.2. The largest absolute Gasteiger partial charge is 0.462 e. The van der Waals surface area contributed by atoms with Gasteiger partial charge in [-0.05, 0) is 19.4 Å². The maximum absolute atomic E-state index is 11.2. The van der Waals surface area contributed by atoms with Crippen molar-refractivity contribution in [1.29, 1.82) is 0 Å². The van der Waals surface area contributed by atoms with Gasteiger partial charge in [-0.3, -0.25) is 4.79 Å². The van der Waals surface area contributed by atoms with Crippen LogP contribution in [0.4, 0.5) is 0 Å². The highest BCUT2D eigenvalue weighted by molar-refractivity contribution is 5.76. The summed E-state index contributed by atoms with van der Waals surface area (Å²) >= 11 is 0. The van der Waals surface area contributed by atoms with Gasteiger partial charge in [0, 0.05) is 0 Å². The summed E-state index contributed by atoms with van der Waals surface area (Å²) in [5.74, 6) is -0.122. The molecule has 2 heterocycles. The average molecular weight is 171 g/mol. The second-order valence-electron chi connectivity index (χ2n) is 3.23. The minimum Gasteiger partial charge on any atom is -0.462 e. The van der Waals surface area contributed by atoms with E-state index in [1.807, 2.05) is 0 Å². The molecule has 1 N–H and O–H groups in total. The molecule has 0 radical (unpaired) electrons. The Balaban J connectivity index is 1.67. The lowest BCUT2D eigenvalue weighted by molar-refractivity contribution is -0.146. The molecule has 2 saturated heterocycles. The van der Waals surface area contributed by atoms with E-state index >= 15 is 0 Å². The van der Waals surface area contributed by atoms with Crippen LogP contribution in [0.25, 0.3) is 0 Å². The fourth-order valence-corrected chi connectivity index (χ4v) is 1.33. The Bertz CT molecular complexity index is 173. The van der Waals surface area contributed by atoms with Gasteiger partial charge in [0.2, 0.25) is 0 Å². The second-order valence-corrected chi connectivity index (χ2v) is 3.23. The quantitative estimate of drug-likeness (QED) is 0.467. The molecule has 68 valence electrons. The lowest BCUT2D eigenvalue weighted by atomic mass is 10.2. The first-order valence-electron chi connectivity index (χ1n) is 4.38. The second kappa shape index (κ2) is 3.41. The Morgan fingerprint density at radius 3 is 3.08 bits per heavy atom. The van der Waals surface area contributed by atoms with Crippen molar-refractivity contribution < 1.29 is 14.3 Å². The molecule has 2 fully saturated rings. The van der Waals surface area contributed by atoms with Gasteiger partial charge >= 0.3 is 5.97 Å². The number of epoxide rings is 1. The SMILES string of the molecule is O=C(OCC1CO1)[C@@H]1CCCN1. The molecule has 4 nitrogen and oxygen atoms in total. The first kappa shape index (κ1) is 8.01. The Morgan fingerprint density at radius 1 is 1.67 bits per heavy atom.